The second-order valence-electron chi connectivity index (χ2n) is 12.5. The van der Waals surface area contributed by atoms with Crippen LogP contribution in [0.25, 0.3) is 0 Å². The fourth-order valence-electron chi connectivity index (χ4n) is 7.23. The Balaban J connectivity index is 0.00000308. The van der Waals surface area contributed by atoms with E-state index < -0.39 is 11.8 Å². The van der Waals surface area contributed by atoms with E-state index in [2.05, 4.69) is 25.1 Å². The summed E-state index contributed by atoms with van der Waals surface area (Å²) in [6, 6.07) is 6.65. The maximum absolute atomic E-state index is 13.0. The minimum atomic E-state index is -4.38. The second kappa shape index (κ2) is 15.4. The maximum atomic E-state index is 13.0. The maximum Gasteiger partial charge on any atom is 0.416 e. The predicted octanol–water partition coefficient (Wildman–Crippen LogP) is 7.08. The molecule has 5 atom stereocenters. The number of likely N-dealkylation sites (N-methyl/N-ethyl adjacent to an activating group) is 1. The first-order valence-electron chi connectivity index (χ1n) is 15.3. The van der Waals surface area contributed by atoms with Crippen molar-refractivity contribution in [3.8, 4) is 5.75 Å². The molecule has 0 radical (unpaired) electrons. The average molecular weight is 756 g/mol. The molecule has 0 heterocycles. The Morgan fingerprint density at radius 3 is 2.54 bits per heavy atom. The number of rotatable bonds is 13. The van der Waals surface area contributed by atoms with Crippen molar-refractivity contribution < 1.29 is 54.6 Å². The quantitative estimate of drug-likeness (QED) is 0.159. The van der Waals surface area contributed by atoms with Gasteiger partial charge in [0.1, 0.15) is 5.75 Å². The van der Waals surface area contributed by atoms with E-state index in [1.807, 2.05) is 11.9 Å². The minimum absolute atomic E-state index is 0. The molecule has 0 spiro atoms. The number of ether oxygens (including phenoxy) is 4. The van der Waals surface area contributed by atoms with Gasteiger partial charge in [0, 0.05) is 54.3 Å². The van der Waals surface area contributed by atoms with Gasteiger partial charge in [-0.15, -0.1) is 0 Å². The topological polar surface area (TPSA) is 40.2 Å². The number of alkyl halides is 3. The van der Waals surface area contributed by atoms with Gasteiger partial charge in [-0.25, -0.2) is 0 Å². The van der Waals surface area contributed by atoms with Gasteiger partial charge in [-0.2, -0.15) is 13.2 Å². The van der Waals surface area contributed by atoms with Crippen molar-refractivity contribution in [3.05, 3.63) is 36.8 Å². The van der Waals surface area contributed by atoms with Gasteiger partial charge in [-0.3, -0.25) is 0 Å². The van der Waals surface area contributed by atoms with Gasteiger partial charge >= 0.3 is 6.18 Å². The first kappa shape index (κ1) is 34.8. The van der Waals surface area contributed by atoms with E-state index in [4.69, 9.17) is 20.3 Å². The van der Waals surface area contributed by atoms with E-state index in [0.29, 0.717) is 50.7 Å². The monoisotopic (exact) mass is 755 g/mol. The molecule has 0 amide bonds. The van der Waals surface area contributed by atoms with Crippen LogP contribution in [0.2, 0.25) is 0 Å². The van der Waals surface area contributed by atoms with Crippen LogP contribution in [0.5, 0.6) is 5.75 Å². The standard InChI is InChI=1S/C31H48F3NO4.CH3.W/c1-29(2,31(32,33)34)39-20-16-35(4)15-19-38-28-12-11-27-26-9-7-22-21-23(37-18-6-17-36-5)8-10-24(22)25(26)13-14-30(27,28)3;;/h8,10,21,25-28H,6-7,9,11-20H2,1-5H3;1H3;/q;-1;/t25?,26?,27?,28-,30-;;/m0../s1/i5D;;. The summed E-state index contributed by atoms with van der Waals surface area (Å²) in [5.74, 6) is 2.88. The van der Waals surface area contributed by atoms with E-state index in [1.165, 1.54) is 30.4 Å². The first-order valence-corrected chi connectivity index (χ1v) is 14.6. The van der Waals surface area contributed by atoms with Crippen LogP contribution < -0.4 is 4.74 Å². The van der Waals surface area contributed by atoms with E-state index >= 15 is 0 Å². The number of hydrogen-bond donors (Lipinski definition) is 0. The van der Waals surface area contributed by atoms with Gasteiger partial charge in [0.05, 0.1) is 27.3 Å². The van der Waals surface area contributed by atoms with E-state index in [-0.39, 0.29) is 53.7 Å². The normalized spacial score (nSPS) is 27.7. The van der Waals surface area contributed by atoms with E-state index in [0.717, 1.165) is 45.3 Å². The summed E-state index contributed by atoms with van der Waals surface area (Å²) < 4.78 is 68.7. The van der Waals surface area contributed by atoms with Crippen molar-refractivity contribution in [2.24, 2.45) is 17.3 Å². The summed E-state index contributed by atoms with van der Waals surface area (Å²) in [6.45, 7) is 7.45. The van der Waals surface area contributed by atoms with E-state index in [1.54, 1.807) is 0 Å². The van der Waals surface area contributed by atoms with Crippen molar-refractivity contribution in [1.82, 2.24) is 4.90 Å². The molecular formula is C32H51F3NO4W-. The summed E-state index contributed by atoms with van der Waals surface area (Å²) in [5.41, 5.74) is 0.984. The number of methoxy groups -OCH3 is 1. The van der Waals surface area contributed by atoms with Gasteiger partial charge in [-0.05, 0) is 106 Å². The Kier molecular flexibility index (Phi) is 13.1. The molecule has 2 saturated carbocycles. The van der Waals surface area contributed by atoms with Crippen LogP contribution in [0.1, 0.15) is 77.7 Å². The van der Waals surface area contributed by atoms with Crippen LogP contribution in [-0.4, -0.2) is 76.4 Å². The molecule has 0 N–H and O–H groups in total. The number of benzene rings is 1. The molecule has 5 nitrogen and oxygen atoms in total. The largest absolute Gasteiger partial charge is 0.493 e. The Hall–Kier alpha value is -0.662. The summed E-state index contributed by atoms with van der Waals surface area (Å²) >= 11 is 0. The van der Waals surface area contributed by atoms with Gasteiger partial charge in [-0.1, -0.05) is 13.0 Å². The number of hydrogen-bond acceptors (Lipinski definition) is 5. The number of nitrogens with zero attached hydrogens (tertiary/aromatic N) is 1. The molecule has 1 aromatic carbocycles. The molecule has 0 bridgehead atoms. The van der Waals surface area contributed by atoms with Crippen molar-refractivity contribution in [1.29, 1.82) is 0 Å². The zero-order valence-electron chi connectivity index (χ0n) is 26.6. The minimum Gasteiger partial charge on any atom is -0.493 e. The Morgan fingerprint density at radius 1 is 1.05 bits per heavy atom. The molecule has 9 heteroatoms. The fourth-order valence-corrected chi connectivity index (χ4v) is 7.23. The van der Waals surface area contributed by atoms with Gasteiger partial charge in [0.15, 0.2) is 5.60 Å². The number of aryl methyl sites for hydroxylation is 1. The molecule has 2 fully saturated rings. The predicted molar refractivity (Wildman–Crippen MR) is 153 cm³/mol. The second-order valence-corrected chi connectivity index (χ2v) is 12.5. The SMILES string of the molecule is [2H]COCCCOc1ccc2c(c1)CCC1C2CC[C@@]2(C)C1CC[C@@H]2OCCN(C)CCOC(C)(C)C(F)(F)F.[CH3-].[W]. The molecule has 236 valence electrons. The van der Waals surface area contributed by atoms with Crippen molar-refractivity contribution >= 4 is 0 Å². The molecule has 0 aromatic heterocycles. The molecular weight excluding hydrogens is 703 g/mol. The average Bonchev–Trinajstić information content (AvgIpc) is 3.23. The van der Waals surface area contributed by atoms with Gasteiger partial charge in [0.2, 0.25) is 0 Å². The zero-order valence-corrected chi connectivity index (χ0v) is 28.5. The van der Waals surface area contributed by atoms with Crippen molar-refractivity contribution in [2.75, 3.05) is 53.7 Å². The van der Waals surface area contributed by atoms with Crippen LogP contribution >= 0.6 is 0 Å². The third kappa shape index (κ3) is 8.50. The summed E-state index contributed by atoms with van der Waals surface area (Å²) in [6.07, 6.45) is 3.58. The Bertz CT molecular complexity index is 968. The Labute approximate surface area is 261 Å². The molecule has 1 aromatic rings. The van der Waals surface area contributed by atoms with Crippen LogP contribution in [-0.2, 0) is 41.7 Å². The van der Waals surface area contributed by atoms with Crippen LogP contribution in [0, 0.1) is 24.7 Å². The fraction of sp³-hybridized carbons (Fsp3) is 0.781. The van der Waals surface area contributed by atoms with Crippen LogP contribution in [0.15, 0.2) is 18.2 Å². The zero-order chi connectivity index (χ0) is 29.0. The smallest absolute Gasteiger partial charge is 0.416 e. The molecule has 4 rings (SSSR count). The summed E-state index contributed by atoms with van der Waals surface area (Å²) in [5, 5.41) is 0. The summed E-state index contributed by atoms with van der Waals surface area (Å²) in [4.78, 5) is 1.99. The number of halogens is 3. The third-order valence-electron chi connectivity index (χ3n) is 9.72. The molecule has 3 aliphatic rings. The first-order chi connectivity index (χ1) is 19.0. The van der Waals surface area contributed by atoms with Gasteiger partial charge < -0.3 is 31.3 Å². The van der Waals surface area contributed by atoms with Crippen LogP contribution in [0.4, 0.5) is 13.2 Å². The van der Waals surface area contributed by atoms with Crippen LogP contribution in [0.3, 0.4) is 0 Å². The molecule has 0 saturated heterocycles. The molecule has 41 heavy (non-hydrogen) atoms. The molecule has 3 unspecified atom stereocenters. The molecule has 0 aliphatic heterocycles. The molecule has 3 aliphatic carbocycles. The van der Waals surface area contributed by atoms with Gasteiger partial charge in [0.25, 0.3) is 0 Å². The van der Waals surface area contributed by atoms with Crippen molar-refractivity contribution in [2.45, 2.75) is 89.5 Å². The third-order valence-corrected chi connectivity index (χ3v) is 9.72. The number of fused-ring (bicyclic) bond motifs is 5. The Morgan fingerprint density at radius 2 is 1.80 bits per heavy atom. The van der Waals surface area contributed by atoms with E-state index in [9.17, 15) is 13.2 Å². The summed E-state index contributed by atoms with van der Waals surface area (Å²) in [7, 11) is 1.90. The van der Waals surface area contributed by atoms with Crippen molar-refractivity contribution in [3.63, 3.8) is 0 Å².